The Morgan fingerprint density at radius 1 is 1.14 bits per heavy atom. The molecule has 0 radical (unpaired) electrons. The van der Waals surface area contributed by atoms with E-state index in [0.717, 1.165) is 31.7 Å². The lowest BCUT2D eigenvalue weighted by Crippen LogP contribution is -2.36. The Hall–Kier alpha value is -2.52. The third kappa shape index (κ3) is 8.89. The molecule has 0 aromatic heterocycles. The summed E-state index contributed by atoms with van der Waals surface area (Å²) in [4.78, 5) is 23.6. The molecule has 1 fully saturated rings. The molecule has 0 bridgehead atoms. The van der Waals surface area contributed by atoms with Crippen LogP contribution in [0, 0.1) is 0 Å². The van der Waals surface area contributed by atoms with Crippen molar-refractivity contribution in [3.8, 4) is 11.5 Å². The molecule has 1 heterocycles. The number of nitrogens with two attached hydrogens (primary N) is 2. The Morgan fingerprint density at radius 2 is 1.89 bits per heavy atom. The molecule has 0 aliphatic carbocycles. The van der Waals surface area contributed by atoms with Crippen LogP contribution in [-0.2, 0) is 24.6 Å². The molecule has 1 unspecified atom stereocenters. The monoisotopic (exact) mass is 523 g/mol. The van der Waals surface area contributed by atoms with Crippen molar-refractivity contribution in [1.82, 2.24) is 10.4 Å². The maximum atomic E-state index is 12.4. The molecule has 2 aromatic carbocycles. The number of hydrogen-bond acceptors (Lipinski definition) is 9. The van der Waals surface area contributed by atoms with Gasteiger partial charge in [0.05, 0.1) is 28.9 Å². The van der Waals surface area contributed by atoms with E-state index in [2.05, 4.69) is 20.3 Å². The van der Waals surface area contributed by atoms with Crippen LogP contribution in [0.1, 0.15) is 29.6 Å². The van der Waals surface area contributed by atoms with E-state index < -0.39 is 17.0 Å². The van der Waals surface area contributed by atoms with Crippen molar-refractivity contribution in [2.24, 2.45) is 16.5 Å². The van der Waals surface area contributed by atoms with Crippen molar-refractivity contribution in [3.63, 3.8) is 0 Å². The molecule has 1 aliphatic heterocycles. The highest BCUT2D eigenvalue weighted by atomic mass is 32.2. The average Bonchev–Trinajstić information content (AvgIpc) is 2.86. The first-order chi connectivity index (χ1) is 17.0. The van der Waals surface area contributed by atoms with Gasteiger partial charge in [-0.05, 0) is 68.4 Å². The van der Waals surface area contributed by atoms with Gasteiger partial charge in [-0.1, -0.05) is 6.42 Å². The number of benzene rings is 2. The lowest BCUT2D eigenvalue weighted by molar-refractivity contribution is -0.160. The van der Waals surface area contributed by atoms with E-state index in [9.17, 15) is 9.00 Å². The number of aliphatic imine (C=N–C) groups is 1. The molecular formula is C22H29N5O6S2. The maximum absolute atomic E-state index is 12.4. The van der Waals surface area contributed by atoms with Gasteiger partial charge in [-0.3, -0.25) is 4.79 Å². The Bertz CT molecular complexity index is 1030. The van der Waals surface area contributed by atoms with E-state index in [0.29, 0.717) is 27.8 Å². The molecule has 13 heteroatoms. The zero-order chi connectivity index (χ0) is 25.0. The van der Waals surface area contributed by atoms with Crippen LogP contribution in [0.2, 0.25) is 0 Å². The fraction of sp³-hybridized carbons (Fsp3) is 0.364. The second-order valence-electron chi connectivity index (χ2n) is 7.51. The van der Waals surface area contributed by atoms with Gasteiger partial charge in [0, 0.05) is 18.7 Å². The Morgan fingerprint density at radius 3 is 2.57 bits per heavy atom. The summed E-state index contributed by atoms with van der Waals surface area (Å²) in [5.74, 6) is -0.0623. The fourth-order valence-corrected chi connectivity index (χ4v) is 4.47. The predicted molar refractivity (Wildman–Crippen MR) is 133 cm³/mol. The van der Waals surface area contributed by atoms with Gasteiger partial charge in [0.15, 0.2) is 5.96 Å². The summed E-state index contributed by atoms with van der Waals surface area (Å²) in [5.41, 5.74) is 13.6. The lowest BCUT2D eigenvalue weighted by Gasteiger charge is -2.26. The molecule has 2 aromatic rings. The molecule has 11 nitrogen and oxygen atoms in total. The van der Waals surface area contributed by atoms with Crippen LogP contribution in [0.25, 0.3) is 0 Å². The highest BCUT2D eigenvalue weighted by molar-refractivity contribution is 7.94. The number of amides is 1. The van der Waals surface area contributed by atoms with Gasteiger partial charge >= 0.3 is 0 Å². The molecule has 1 amide bonds. The molecule has 0 saturated carbocycles. The molecule has 3 rings (SSSR count). The summed E-state index contributed by atoms with van der Waals surface area (Å²) in [5, 5.41) is 0. The van der Waals surface area contributed by atoms with E-state index in [-0.39, 0.29) is 11.5 Å². The van der Waals surface area contributed by atoms with Gasteiger partial charge in [-0.25, -0.2) is 9.10 Å². The van der Waals surface area contributed by atoms with Crippen molar-refractivity contribution < 1.29 is 27.2 Å². The van der Waals surface area contributed by atoms with Crippen molar-refractivity contribution >= 4 is 35.0 Å². The van der Waals surface area contributed by atoms with Gasteiger partial charge in [0.25, 0.3) is 5.91 Å². The van der Waals surface area contributed by atoms with Crippen LogP contribution in [0.5, 0.6) is 11.5 Å². The summed E-state index contributed by atoms with van der Waals surface area (Å²) >= 11 is -0.807. The van der Waals surface area contributed by atoms with Gasteiger partial charge in [0.2, 0.25) is 11.1 Å². The third-order valence-corrected chi connectivity index (χ3v) is 6.60. The maximum Gasteiger partial charge on any atom is 0.280 e. The molecule has 35 heavy (non-hydrogen) atoms. The summed E-state index contributed by atoms with van der Waals surface area (Å²) < 4.78 is 28.5. The number of ether oxygens (including phenoxy) is 1. The van der Waals surface area contributed by atoms with Gasteiger partial charge in [0.1, 0.15) is 11.5 Å². The topological polar surface area (TPSA) is 151 Å². The molecule has 1 atom stereocenters. The van der Waals surface area contributed by atoms with E-state index in [1.165, 1.54) is 38.5 Å². The molecular weight excluding hydrogens is 494 g/mol. The smallest absolute Gasteiger partial charge is 0.280 e. The first kappa shape index (κ1) is 27.1. The number of carbonyl (C=O) groups excluding carboxylic acids is 1. The summed E-state index contributed by atoms with van der Waals surface area (Å²) in [6, 6.07) is 11.2. The number of rotatable bonds is 12. The highest BCUT2D eigenvalue weighted by Crippen LogP contribution is 2.34. The van der Waals surface area contributed by atoms with E-state index in [1.54, 1.807) is 30.3 Å². The van der Waals surface area contributed by atoms with Crippen LogP contribution in [0.15, 0.2) is 57.2 Å². The van der Waals surface area contributed by atoms with Gasteiger partial charge < -0.3 is 21.1 Å². The highest BCUT2D eigenvalue weighted by Gasteiger charge is 2.14. The molecule has 1 saturated heterocycles. The summed E-state index contributed by atoms with van der Waals surface area (Å²) in [7, 11) is 1.35. The minimum Gasteiger partial charge on any atom is -0.456 e. The minimum atomic E-state index is -1.66. The van der Waals surface area contributed by atoms with Gasteiger partial charge in [-0.2, -0.15) is 19.1 Å². The third-order valence-electron chi connectivity index (χ3n) is 4.97. The Labute approximate surface area is 210 Å². The predicted octanol–water partition coefficient (Wildman–Crippen LogP) is 2.51. The minimum absolute atomic E-state index is 0.239. The van der Waals surface area contributed by atoms with Crippen LogP contribution in [0.4, 0.5) is 0 Å². The molecule has 5 N–H and O–H groups in total. The largest absolute Gasteiger partial charge is 0.456 e. The number of hydroxylamine groups is 1. The number of carbonyl (C=O) groups is 1. The second-order valence-corrected chi connectivity index (χ2v) is 9.36. The molecule has 190 valence electrons. The van der Waals surface area contributed by atoms with Crippen LogP contribution in [-0.4, -0.2) is 54.3 Å². The number of hydrogen-bond donors (Lipinski definition) is 3. The van der Waals surface area contributed by atoms with Crippen molar-refractivity contribution in [2.45, 2.75) is 29.1 Å². The van der Waals surface area contributed by atoms with E-state index in [4.69, 9.17) is 24.8 Å². The zero-order valence-electron chi connectivity index (χ0n) is 19.3. The number of likely N-dealkylation sites (tertiary alicyclic amines) is 1. The number of guanidine groups is 1. The number of nitrogens with zero attached hydrogens (tertiary/aromatic N) is 2. The van der Waals surface area contributed by atoms with Crippen LogP contribution >= 0.6 is 12.0 Å². The summed E-state index contributed by atoms with van der Waals surface area (Å²) in [6.45, 7) is 3.64. The summed E-state index contributed by atoms with van der Waals surface area (Å²) in [6.07, 6.45) is 3.73. The SMILES string of the molecule is COOSc1cc(C(=O)N=C(N)N)ccc1Oc1ccc(S(=O)ONCCN2CCCCC2)cc1. The quantitative estimate of drug-likeness (QED) is 0.0940. The van der Waals surface area contributed by atoms with Gasteiger partial charge in [-0.15, -0.1) is 0 Å². The van der Waals surface area contributed by atoms with Crippen molar-refractivity contribution in [1.29, 1.82) is 0 Å². The molecule has 0 spiro atoms. The average molecular weight is 524 g/mol. The lowest BCUT2D eigenvalue weighted by atomic mass is 10.1. The van der Waals surface area contributed by atoms with Crippen molar-refractivity contribution in [2.75, 3.05) is 33.3 Å². The first-order valence-corrected chi connectivity index (χ1v) is 12.8. The Kier molecular flexibility index (Phi) is 10.9. The van der Waals surface area contributed by atoms with E-state index in [1.807, 2.05) is 0 Å². The standard InChI is InChI=1S/C22H29N5O6S2/c1-30-33-34-20-15-16(21(28)26-22(23)24)5-10-19(20)31-17-6-8-18(9-7-17)35(29)32-25-11-14-27-12-3-2-4-13-27/h5-10,15,25H,2-4,11-14H2,1H3,(H4,23,24,26,28). The fourth-order valence-electron chi connectivity index (χ4n) is 3.32. The number of nitrogens with one attached hydrogen (secondary N) is 1. The second kappa shape index (κ2) is 14.1. The van der Waals surface area contributed by atoms with E-state index >= 15 is 0 Å². The molecule has 1 aliphatic rings. The normalized spacial score (nSPS) is 14.9. The zero-order valence-corrected chi connectivity index (χ0v) is 20.9. The first-order valence-electron chi connectivity index (χ1n) is 10.9. The van der Waals surface area contributed by atoms with Crippen molar-refractivity contribution in [3.05, 3.63) is 48.0 Å². The van der Waals surface area contributed by atoms with Crippen LogP contribution < -0.4 is 21.7 Å². The van der Waals surface area contributed by atoms with Crippen LogP contribution in [0.3, 0.4) is 0 Å². The number of piperidine rings is 1. The Balaban J connectivity index is 1.57.